The molecule has 0 atom stereocenters. The third-order valence-corrected chi connectivity index (χ3v) is 3.59. The maximum atomic E-state index is 8.75. The van der Waals surface area contributed by atoms with Crippen LogP contribution >= 0.6 is 11.8 Å². The Morgan fingerprint density at radius 2 is 2.21 bits per heavy atom. The van der Waals surface area contributed by atoms with E-state index in [9.17, 15) is 0 Å². The number of benzene rings is 1. The highest BCUT2D eigenvalue weighted by molar-refractivity contribution is 7.98. The van der Waals surface area contributed by atoms with Crippen LogP contribution in [-0.4, -0.2) is 26.5 Å². The number of aliphatic hydroxyl groups is 1. The summed E-state index contributed by atoms with van der Waals surface area (Å²) in [5, 5.41) is 17.5. The largest absolute Gasteiger partial charge is 0.395 e. The summed E-state index contributed by atoms with van der Waals surface area (Å²) in [6, 6.07) is 8.03. The van der Waals surface area contributed by atoms with Crippen molar-refractivity contribution in [3.05, 3.63) is 41.7 Å². The number of hydrogen-bond acceptors (Lipinski definition) is 4. The topological polar surface area (TPSA) is 50.9 Å². The van der Waals surface area contributed by atoms with Crippen molar-refractivity contribution in [2.45, 2.75) is 17.3 Å². The fourth-order valence-electron chi connectivity index (χ4n) is 1.53. The summed E-state index contributed by atoms with van der Waals surface area (Å²) in [5.41, 5.74) is 2.17. The van der Waals surface area contributed by atoms with Crippen LogP contribution in [-0.2, 0) is 12.8 Å². The third-order valence-electron chi connectivity index (χ3n) is 2.50. The fraction of sp³-hybridized carbons (Fsp3) is 0.286. The predicted molar refractivity (Wildman–Crippen MR) is 75.6 cm³/mol. The molecule has 0 amide bonds. The SMILES string of the molecule is Cn1cnnc1SCc1ccccc1C#CCCO. The summed E-state index contributed by atoms with van der Waals surface area (Å²) in [5.74, 6) is 6.85. The van der Waals surface area contributed by atoms with Crippen molar-refractivity contribution in [3.8, 4) is 11.8 Å². The van der Waals surface area contributed by atoms with Gasteiger partial charge in [0.1, 0.15) is 6.33 Å². The lowest BCUT2D eigenvalue weighted by molar-refractivity contribution is 0.305. The first-order chi connectivity index (χ1) is 9.31. The molecular weight excluding hydrogens is 258 g/mol. The zero-order chi connectivity index (χ0) is 13.5. The van der Waals surface area contributed by atoms with Gasteiger partial charge >= 0.3 is 0 Å². The molecule has 2 rings (SSSR count). The molecule has 5 heteroatoms. The first-order valence-corrected chi connectivity index (χ1v) is 6.94. The molecule has 0 aliphatic heterocycles. The molecule has 0 saturated carbocycles. The maximum Gasteiger partial charge on any atom is 0.191 e. The highest BCUT2D eigenvalue weighted by Crippen LogP contribution is 2.21. The Hall–Kier alpha value is -1.77. The van der Waals surface area contributed by atoms with Crippen molar-refractivity contribution < 1.29 is 5.11 Å². The second-order valence-electron chi connectivity index (χ2n) is 3.95. The number of aryl methyl sites for hydroxylation is 1. The molecule has 4 nitrogen and oxygen atoms in total. The van der Waals surface area contributed by atoms with Gasteiger partial charge in [-0.25, -0.2) is 0 Å². The standard InChI is InChI=1S/C14H15N3OS/c1-17-11-15-16-14(17)19-10-13-8-3-2-6-12(13)7-4-5-9-18/h2-3,6,8,11,18H,5,9-10H2,1H3. The van der Waals surface area contributed by atoms with Crippen LogP contribution in [0.3, 0.4) is 0 Å². The Morgan fingerprint density at radius 3 is 2.95 bits per heavy atom. The van der Waals surface area contributed by atoms with Gasteiger partial charge in [0, 0.05) is 24.8 Å². The van der Waals surface area contributed by atoms with Crippen LogP contribution < -0.4 is 0 Å². The Kier molecular flexibility index (Phi) is 5.01. The molecule has 19 heavy (non-hydrogen) atoms. The average molecular weight is 273 g/mol. The molecule has 0 fully saturated rings. The van der Waals surface area contributed by atoms with Crippen molar-refractivity contribution in [2.24, 2.45) is 7.05 Å². The second kappa shape index (κ2) is 6.98. The first kappa shape index (κ1) is 13.7. The summed E-state index contributed by atoms with van der Waals surface area (Å²) < 4.78 is 1.89. The van der Waals surface area contributed by atoms with Gasteiger partial charge in [0.05, 0.1) is 6.61 Å². The molecule has 0 unspecified atom stereocenters. The van der Waals surface area contributed by atoms with Gasteiger partial charge in [0.2, 0.25) is 0 Å². The number of aliphatic hydroxyl groups excluding tert-OH is 1. The number of nitrogens with zero attached hydrogens (tertiary/aromatic N) is 3. The highest BCUT2D eigenvalue weighted by Gasteiger charge is 2.04. The van der Waals surface area contributed by atoms with Crippen molar-refractivity contribution in [1.29, 1.82) is 0 Å². The monoisotopic (exact) mass is 273 g/mol. The lowest BCUT2D eigenvalue weighted by atomic mass is 10.1. The van der Waals surface area contributed by atoms with Crippen LogP contribution in [0.25, 0.3) is 0 Å². The molecule has 1 aromatic heterocycles. The molecule has 0 spiro atoms. The van der Waals surface area contributed by atoms with E-state index in [4.69, 9.17) is 5.11 Å². The molecule has 1 N–H and O–H groups in total. The molecule has 0 radical (unpaired) electrons. The van der Waals surface area contributed by atoms with E-state index in [1.165, 1.54) is 5.56 Å². The van der Waals surface area contributed by atoms with E-state index in [-0.39, 0.29) is 6.61 Å². The minimum Gasteiger partial charge on any atom is -0.395 e. The minimum atomic E-state index is 0.100. The molecule has 2 aromatic rings. The Bertz CT molecular complexity index is 598. The fourth-order valence-corrected chi connectivity index (χ4v) is 2.42. The van der Waals surface area contributed by atoms with E-state index < -0.39 is 0 Å². The van der Waals surface area contributed by atoms with Gasteiger partial charge in [0.25, 0.3) is 0 Å². The Labute approximate surface area is 116 Å². The maximum absolute atomic E-state index is 8.75. The lowest BCUT2D eigenvalue weighted by Crippen LogP contribution is -1.92. The summed E-state index contributed by atoms with van der Waals surface area (Å²) in [6.07, 6.45) is 2.19. The van der Waals surface area contributed by atoms with E-state index in [0.29, 0.717) is 6.42 Å². The summed E-state index contributed by atoms with van der Waals surface area (Å²) in [6.45, 7) is 0.100. The van der Waals surface area contributed by atoms with Crippen molar-refractivity contribution in [1.82, 2.24) is 14.8 Å². The van der Waals surface area contributed by atoms with Crippen LogP contribution in [0.4, 0.5) is 0 Å². The van der Waals surface area contributed by atoms with E-state index in [1.807, 2.05) is 29.8 Å². The summed E-state index contributed by atoms with van der Waals surface area (Å²) in [7, 11) is 1.93. The van der Waals surface area contributed by atoms with Crippen LogP contribution in [0.1, 0.15) is 17.5 Å². The Balaban J connectivity index is 2.08. The quantitative estimate of drug-likeness (QED) is 0.682. The molecule has 0 bridgehead atoms. The number of thioether (sulfide) groups is 1. The number of rotatable bonds is 4. The molecule has 0 aliphatic rings. The third kappa shape index (κ3) is 3.85. The zero-order valence-corrected chi connectivity index (χ0v) is 11.5. The molecule has 1 heterocycles. The molecule has 1 aromatic carbocycles. The normalized spacial score (nSPS) is 10.0. The number of hydrogen-bond donors (Lipinski definition) is 1. The second-order valence-corrected chi connectivity index (χ2v) is 4.89. The lowest BCUT2D eigenvalue weighted by Gasteiger charge is -2.03. The van der Waals surface area contributed by atoms with E-state index >= 15 is 0 Å². The van der Waals surface area contributed by atoms with E-state index in [2.05, 4.69) is 28.1 Å². The molecule has 98 valence electrons. The van der Waals surface area contributed by atoms with Gasteiger partial charge in [-0.05, 0) is 11.6 Å². The van der Waals surface area contributed by atoms with Gasteiger partial charge in [-0.3, -0.25) is 0 Å². The molecule has 0 saturated heterocycles. The van der Waals surface area contributed by atoms with E-state index in [1.54, 1.807) is 18.1 Å². The van der Waals surface area contributed by atoms with Crippen LogP contribution in [0.5, 0.6) is 0 Å². The molecule has 0 aliphatic carbocycles. The van der Waals surface area contributed by atoms with Gasteiger partial charge in [-0.2, -0.15) is 0 Å². The molecular formula is C14H15N3OS. The number of aromatic nitrogens is 3. The predicted octanol–water partition coefficient (Wildman–Crippen LogP) is 1.84. The highest BCUT2D eigenvalue weighted by atomic mass is 32.2. The van der Waals surface area contributed by atoms with Crippen LogP contribution in [0.2, 0.25) is 0 Å². The van der Waals surface area contributed by atoms with Crippen molar-refractivity contribution >= 4 is 11.8 Å². The van der Waals surface area contributed by atoms with E-state index in [0.717, 1.165) is 16.5 Å². The van der Waals surface area contributed by atoms with Gasteiger partial charge in [-0.15, -0.1) is 10.2 Å². The van der Waals surface area contributed by atoms with Crippen LogP contribution in [0.15, 0.2) is 35.7 Å². The smallest absolute Gasteiger partial charge is 0.191 e. The van der Waals surface area contributed by atoms with Crippen LogP contribution in [0, 0.1) is 11.8 Å². The summed E-state index contributed by atoms with van der Waals surface area (Å²) >= 11 is 1.63. The minimum absolute atomic E-state index is 0.100. The first-order valence-electron chi connectivity index (χ1n) is 5.95. The average Bonchev–Trinajstić information content (AvgIpc) is 2.83. The zero-order valence-electron chi connectivity index (χ0n) is 10.7. The van der Waals surface area contributed by atoms with Gasteiger partial charge < -0.3 is 9.67 Å². The van der Waals surface area contributed by atoms with Gasteiger partial charge in [0.15, 0.2) is 5.16 Å². The Morgan fingerprint density at radius 1 is 1.37 bits per heavy atom. The van der Waals surface area contributed by atoms with Crippen molar-refractivity contribution in [2.75, 3.05) is 6.61 Å². The van der Waals surface area contributed by atoms with Crippen molar-refractivity contribution in [3.63, 3.8) is 0 Å². The van der Waals surface area contributed by atoms with Gasteiger partial charge in [-0.1, -0.05) is 41.8 Å². The summed E-state index contributed by atoms with van der Waals surface area (Å²) in [4.78, 5) is 0.